The van der Waals surface area contributed by atoms with Gasteiger partial charge in [0, 0.05) is 12.0 Å². The van der Waals surface area contributed by atoms with E-state index in [1.165, 1.54) is 6.08 Å². The van der Waals surface area contributed by atoms with Crippen molar-refractivity contribution in [3.05, 3.63) is 23.6 Å². The van der Waals surface area contributed by atoms with Crippen LogP contribution in [0.15, 0.2) is 23.6 Å². The number of rotatable bonds is 1. The molecule has 2 fully saturated rings. The minimum absolute atomic E-state index is 0.0653. The van der Waals surface area contributed by atoms with E-state index >= 15 is 0 Å². The van der Waals surface area contributed by atoms with Crippen LogP contribution in [-0.4, -0.2) is 34.6 Å². The van der Waals surface area contributed by atoms with E-state index < -0.39 is 40.9 Å². The van der Waals surface area contributed by atoms with Crippen LogP contribution in [0.1, 0.15) is 26.2 Å². The number of fused-ring (bicyclic) bond motifs is 1. The van der Waals surface area contributed by atoms with Crippen molar-refractivity contribution in [2.45, 2.75) is 32.2 Å². The Bertz CT molecular complexity index is 651. The van der Waals surface area contributed by atoms with Crippen molar-refractivity contribution >= 4 is 23.6 Å². The second-order valence-electron chi connectivity index (χ2n) is 5.63. The molecule has 21 heavy (non-hydrogen) atoms. The maximum atomic E-state index is 13.4. The lowest BCUT2D eigenvalue weighted by molar-refractivity contribution is -0.152. The van der Waals surface area contributed by atoms with Crippen molar-refractivity contribution < 1.29 is 23.6 Å². The summed E-state index contributed by atoms with van der Waals surface area (Å²) in [5.74, 6) is -2.82. The predicted octanol–water partition coefficient (Wildman–Crippen LogP) is 0.350. The van der Waals surface area contributed by atoms with Crippen LogP contribution in [0.4, 0.5) is 4.39 Å². The van der Waals surface area contributed by atoms with Crippen molar-refractivity contribution in [3.63, 3.8) is 0 Å². The van der Waals surface area contributed by atoms with Gasteiger partial charge in [0.25, 0.3) is 5.91 Å². The molecule has 2 heterocycles. The molecule has 3 aliphatic rings. The summed E-state index contributed by atoms with van der Waals surface area (Å²) in [7, 11) is 0. The molecule has 2 unspecified atom stereocenters. The number of likely N-dealkylation sites (tertiary alicyclic amines) is 1. The first-order valence-corrected chi connectivity index (χ1v) is 6.64. The molecule has 0 aromatic heterocycles. The zero-order chi connectivity index (χ0) is 15.4. The minimum Gasteiger partial charge on any atom is -0.295 e. The van der Waals surface area contributed by atoms with Gasteiger partial charge < -0.3 is 0 Å². The molecule has 2 atom stereocenters. The highest BCUT2D eigenvalue weighted by Gasteiger charge is 2.56. The fraction of sp³-hybridized carbons (Fsp3) is 0.429. The molecular formula is C14H13FN2O4. The maximum absolute atomic E-state index is 13.4. The molecule has 6 nitrogen and oxygen atoms in total. The molecule has 0 saturated carbocycles. The molecule has 0 radical (unpaired) electrons. The van der Waals surface area contributed by atoms with Gasteiger partial charge in [0.15, 0.2) is 0 Å². The number of amides is 4. The van der Waals surface area contributed by atoms with Gasteiger partial charge >= 0.3 is 0 Å². The highest BCUT2D eigenvalue weighted by Crippen LogP contribution is 2.45. The number of allylic oxidation sites excluding steroid dienone is 3. The maximum Gasteiger partial charge on any atom is 0.258 e. The normalized spacial score (nSPS) is 32.7. The molecule has 0 aromatic carbocycles. The number of carbonyl (C=O) groups is 4. The summed E-state index contributed by atoms with van der Waals surface area (Å²) < 4.78 is 13.4. The lowest BCUT2D eigenvalue weighted by Gasteiger charge is -2.29. The third kappa shape index (κ3) is 1.84. The van der Waals surface area contributed by atoms with Crippen LogP contribution in [0.3, 0.4) is 0 Å². The van der Waals surface area contributed by atoms with Gasteiger partial charge in [0.05, 0.1) is 5.41 Å². The van der Waals surface area contributed by atoms with Crippen LogP contribution in [-0.2, 0) is 19.2 Å². The Hall–Kier alpha value is -2.31. The zero-order valence-corrected chi connectivity index (χ0v) is 11.3. The van der Waals surface area contributed by atoms with Gasteiger partial charge in [-0.25, -0.2) is 4.39 Å². The molecule has 0 spiro atoms. The first-order chi connectivity index (χ1) is 9.84. The zero-order valence-electron chi connectivity index (χ0n) is 11.3. The van der Waals surface area contributed by atoms with Crippen molar-refractivity contribution in [2.24, 2.45) is 5.41 Å². The van der Waals surface area contributed by atoms with Gasteiger partial charge in [-0.1, -0.05) is 0 Å². The van der Waals surface area contributed by atoms with Crippen molar-refractivity contribution in [1.82, 2.24) is 10.2 Å². The fourth-order valence-electron chi connectivity index (χ4n) is 2.97. The second kappa shape index (κ2) is 4.34. The predicted molar refractivity (Wildman–Crippen MR) is 68.0 cm³/mol. The van der Waals surface area contributed by atoms with Crippen molar-refractivity contribution in [1.29, 1.82) is 0 Å². The molecule has 1 N–H and O–H groups in total. The molecule has 0 bridgehead atoms. The SMILES string of the molecule is CC12CC=C(F)C=C1C(=O)N(C1CCC(=O)NC1=O)C2=O. The average Bonchev–Trinajstić information content (AvgIpc) is 2.61. The number of carbonyl (C=O) groups excluding carboxylic acids is 4. The van der Waals surface area contributed by atoms with E-state index in [1.807, 2.05) is 0 Å². The average molecular weight is 292 g/mol. The monoisotopic (exact) mass is 292 g/mol. The minimum atomic E-state index is -1.13. The lowest BCUT2D eigenvalue weighted by atomic mass is 9.78. The third-order valence-corrected chi connectivity index (χ3v) is 4.24. The summed E-state index contributed by atoms with van der Waals surface area (Å²) in [6.45, 7) is 1.56. The number of halogens is 1. The van der Waals surface area contributed by atoms with Crippen LogP contribution < -0.4 is 5.32 Å². The van der Waals surface area contributed by atoms with Gasteiger partial charge in [-0.15, -0.1) is 0 Å². The number of hydrogen-bond donors (Lipinski definition) is 1. The Balaban J connectivity index is 1.97. The van der Waals surface area contributed by atoms with Crippen LogP contribution in [0, 0.1) is 5.41 Å². The van der Waals surface area contributed by atoms with E-state index in [2.05, 4.69) is 5.32 Å². The molecule has 4 amide bonds. The van der Waals surface area contributed by atoms with E-state index in [0.29, 0.717) is 0 Å². The number of hydrogen-bond acceptors (Lipinski definition) is 4. The molecule has 7 heteroatoms. The summed E-state index contributed by atoms with van der Waals surface area (Å²) in [5, 5.41) is 2.12. The first-order valence-electron chi connectivity index (χ1n) is 6.64. The standard InChI is InChI=1S/C14H13FN2O4/c1-14-5-4-7(15)6-8(14)12(20)17(13(14)21)9-2-3-10(18)16-11(9)19/h4,6,9H,2-3,5H2,1H3,(H,16,18,19). The summed E-state index contributed by atoms with van der Waals surface area (Å²) in [5.41, 5.74) is -1.06. The Kier molecular flexibility index (Phi) is 2.82. The van der Waals surface area contributed by atoms with Gasteiger partial charge in [0.2, 0.25) is 17.7 Å². The Morgan fingerprint density at radius 1 is 1.33 bits per heavy atom. The van der Waals surface area contributed by atoms with Gasteiger partial charge in [-0.2, -0.15) is 0 Å². The molecule has 3 rings (SSSR count). The van der Waals surface area contributed by atoms with Gasteiger partial charge in [-0.05, 0) is 31.9 Å². The van der Waals surface area contributed by atoms with E-state index in [0.717, 1.165) is 11.0 Å². The van der Waals surface area contributed by atoms with E-state index in [1.54, 1.807) is 6.92 Å². The van der Waals surface area contributed by atoms with Crippen molar-refractivity contribution in [2.75, 3.05) is 0 Å². The van der Waals surface area contributed by atoms with E-state index in [9.17, 15) is 23.6 Å². The van der Waals surface area contributed by atoms with Crippen LogP contribution in [0.5, 0.6) is 0 Å². The van der Waals surface area contributed by atoms with Crippen LogP contribution in [0.2, 0.25) is 0 Å². The number of imide groups is 2. The largest absolute Gasteiger partial charge is 0.295 e. The van der Waals surface area contributed by atoms with Crippen molar-refractivity contribution in [3.8, 4) is 0 Å². The fourth-order valence-corrected chi connectivity index (χ4v) is 2.97. The highest BCUT2D eigenvalue weighted by atomic mass is 19.1. The first kappa shape index (κ1) is 13.7. The number of piperidine rings is 1. The molecule has 2 aliphatic heterocycles. The summed E-state index contributed by atoms with van der Waals surface area (Å²) >= 11 is 0. The number of nitrogens with one attached hydrogen (secondary N) is 1. The summed E-state index contributed by atoms with van der Waals surface area (Å²) in [6.07, 6.45) is 2.55. The molecule has 2 saturated heterocycles. The van der Waals surface area contributed by atoms with Crippen LogP contribution in [0.25, 0.3) is 0 Å². The lowest BCUT2D eigenvalue weighted by Crippen LogP contribution is -2.54. The van der Waals surface area contributed by atoms with E-state index in [4.69, 9.17) is 0 Å². The van der Waals surface area contributed by atoms with Gasteiger partial charge in [0.1, 0.15) is 11.9 Å². The topological polar surface area (TPSA) is 83.6 Å². The highest BCUT2D eigenvalue weighted by molar-refractivity contribution is 6.20. The Morgan fingerprint density at radius 3 is 2.71 bits per heavy atom. The second-order valence-corrected chi connectivity index (χ2v) is 5.63. The quantitative estimate of drug-likeness (QED) is 0.707. The van der Waals surface area contributed by atoms with Crippen LogP contribution >= 0.6 is 0 Å². The third-order valence-electron chi connectivity index (χ3n) is 4.24. The van der Waals surface area contributed by atoms with E-state index in [-0.39, 0.29) is 24.8 Å². The number of nitrogens with zero attached hydrogens (tertiary/aromatic N) is 1. The Morgan fingerprint density at radius 2 is 2.05 bits per heavy atom. The molecule has 110 valence electrons. The summed E-state index contributed by atoms with van der Waals surface area (Å²) in [4.78, 5) is 48.9. The molecular weight excluding hydrogens is 279 g/mol. The molecule has 0 aromatic rings. The summed E-state index contributed by atoms with van der Waals surface area (Å²) in [6, 6.07) is -1.01. The molecule has 1 aliphatic carbocycles. The van der Waals surface area contributed by atoms with Gasteiger partial charge in [-0.3, -0.25) is 29.4 Å². The Labute approximate surface area is 119 Å². The smallest absolute Gasteiger partial charge is 0.258 e.